The van der Waals surface area contributed by atoms with Crippen molar-refractivity contribution in [2.45, 2.75) is 36.0 Å². The molecular weight excluding hydrogens is 362 g/mol. The molecule has 0 bridgehead atoms. The van der Waals surface area contributed by atoms with Crippen LogP contribution in [-0.4, -0.2) is 5.78 Å². The lowest BCUT2D eigenvalue weighted by molar-refractivity contribution is 0.104. The van der Waals surface area contributed by atoms with Crippen LogP contribution in [0.2, 0.25) is 0 Å². The monoisotopic (exact) mass is 385 g/mol. The largest absolute Gasteiger partial charge is 0.354 e. The SMILES string of the molecule is CC(C)(C)c1ccc(C=CC(=O)c2ccc3c(c2)Nc2ccccc2S3)cc1. The second-order valence-electron chi connectivity index (χ2n) is 8.00. The summed E-state index contributed by atoms with van der Waals surface area (Å²) in [5.74, 6) is 0.00774. The molecule has 2 nitrogen and oxygen atoms in total. The Hall–Kier alpha value is -2.78. The number of hydrogen-bond acceptors (Lipinski definition) is 3. The Morgan fingerprint density at radius 2 is 1.61 bits per heavy atom. The standard InChI is InChI=1S/C25H23NOS/c1-25(2,3)19-12-8-17(9-13-19)10-14-22(27)18-11-15-24-21(16-18)26-20-6-4-5-7-23(20)28-24/h4-16,26H,1-3H3. The first-order valence-corrected chi connectivity index (χ1v) is 10.2. The number of fused-ring (bicyclic) bond motifs is 2. The van der Waals surface area contributed by atoms with E-state index in [4.69, 9.17) is 0 Å². The summed E-state index contributed by atoms with van der Waals surface area (Å²) in [6.45, 7) is 6.59. The molecule has 1 aliphatic rings. The van der Waals surface area contributed by atoms with Crippen molar-refractivity contribution in [3.05, 3.63) is 89.5 Å². The van der Waals surface area contributed by atoms with Crippen LogP contribution in [-0.2, 0) is 5.41 Å². The minimum atomic E-state index is 0.00774. The number of para-hydroxylation sites is 1. The Morgan fingerprint density at radius 1 is 0.893 bits per heavy atom. The van der Waals surface area contributed by atoms with E-state index in [1.165, 1.54) is 10.5 Å². The van der Waals surface area contributed by atoms with Crippen LogP contribution >= 0.6 is 11.8 Å². The molecule has 0 atom stereocenters. The molecule has 0 saturated carbocycles. The average Bonchev–Trinajstić information content (AvgIpc) is 2.69. The molecule has 1 aliphatic heterocycles. The Morgan fingerprint density at radius 3 is 2.36 bits per heavy atom. The van der Waals surface area contributed by atoms with Gasteiger partial charge in [0, 0.05) is 15.4 Å². The van der Waals surface area contributed by atoms with E-state index in [-0.39, 0.29) is 11.2 Å². The van der Waals surface area contributed by atoms with E-state index in [1.54, 1.807) is 17.8 Å². The molecule has 140 valence electrons. The van der Waals surface area contributed by atoms with Gasteiger partial charge in [-0.25, -0.2) is 0 Å². The van der Waals surface area contributed by atoms with Crippen molar-refractivity contribution in [1.82, 2.24) is 0 Å². The molecule has 1 heterocycles. The maximum Gasteiger partial charge on any atom is 0.185 e. The van der Waals surface area contributed by atoms with Crippen LogP contribution in [0, 0.1) is 0 Å². The zero-order chi connectivity index (χ0) is 19.7. The van der Waals surface area contributed by atoms with Crippen molar-refractivity contribution in [3.63, 3.8) is 0 Å². The second-order valence-corrected chi connectivity index (χ2v) is 9.09. The number of hydrogen-bond donors (Lipinski definition) is 1. The summed E-state index contributed by atoms with van der Waals surface area (Å²) in [5, 5.41) is 3.43. The molecule has 0 amide bonds. The molecular formula is C25H23NOS. The summed E-state index contributed by atoms with van der Waals surface area (Å²) in [6.07, 6.45) is 3.53. The molecule has 28 heavy (non-hydrogen) atoms. The summed E-state index contributed by atoms with van der Waals surface area (Å²) in [7, 11) is 0. The number of carbonyl (C=O) groups is 1. The molecule has 3 aromatic rings. The molecule has 4 rings (SSSR count). The van der Waals surface area contributed by atoms with Crippen LogP contribution < -0.4 is 5.32 Å². The number of rotatable bonds is 3. The smallest absolute Gasteiger partial charge is 0.185 e. The van der Waals surface area contributed by atoms with Gasteiger partial charge in [-0.1, -0.05) is 75.0 Å². The van der Waals surface area contributed by atoms with Crippen LogP contribution in [0.4, 0.5) is 11.4 Å². The van der Waals surface area contributed by atoms with E-state index in [2.05, 4.69) is 62.5 Å². The van der Waals surface area contributed by atoms with Gasteiger partial charge in [-0.2, -0.15) is 0 Å². The molecule has 0 aliphatic carbocycles. The Labute approximate surface area is 170 Å². The maximum atomic E-state index is 12.7. The quantitative estimate of drug-likeness (QED) is 0.301. The lowest BCUT2D eigenvalue weighted by Crippen LogP contribution is -2.10. The van der Waals surface area contributed by atoms with Crippen LogP contribution in [0.3, 0.4) is 0 Å². The van der Waals surface area contributed by atoms with Gasteiger partial charge in [-0.15, -0.1) is 0 Å². The fraction of sp³-hybridized carbons (Fsp3) is 0.160. The molecule has 0 spiro atoms. The number of benzene rings is 3. The van der Waals surface area contributed by atoms with Crippen molar-refractivity contribution >= 4 is 35.0 Å². The number of allylic oxidation sites excluding steroid dienone is 1. The van der Waals surface area contributed by atoms with Gasteiger partial charge in [0.05, 0.1) is 11.4 Å². The Bertz CT molecular complexity index is 1060. The van der Waals surface area contributed by atoms with Crippen molar-refractivity contribution < 1.29 is 4.79 Å². The van der Waals surface area contributed by atoms with Gasteiger partial charge < -0.3 is 5.32 Å². The van der Waals surface area contributed by atoms with Gasteiger partial charge in [0.25, 0.3) is 0 Å². The lowest BCUT2D eigenvalue weighted by Gasteiger charge is -2.20. The van der Waals surface area contributed by atoms with Crippen LogP contribution in [0.1, 0.15) is 42.3 Å². The number of ketones is 1. The highest BCUT2D eigenvalue weighted by molar-refractivity contribution is 7.99. The first kappa shape index (κ1) is 18.6. The first-order chi connectivity index (χ1) is 13.4. The fourth-order valence-electron chi connectivity index (χ4n) is 3.15. The number of nitrogens with one attached hydrogen (secondary N) is 1. The zero-order valence-electron chi connectivity index (χ0n) is 16.3. The fourth-order valence-corrected chi connectivity index (χ4v) is 4.12. The summed E-state index contributed by atoms with van der Waals surface area (Å²) in [5.41, 5.74) is 5.20. The van der Waals surface area contributed by atoms with Crippen molar-refractivity contribution in [2.24, 2.45) is 0 Å². The third-order valence-corrected chi connectivity index (χ3v) is 6.00. The third kappa shape index (κ3) is 3.90. The van der Waals surface area contributed by atoms with Crippen molar-refractivity contribution in [1.29, 1.82) is 0 Å². The average molecular weight is 386 g/mol. The topological polar surface area (TPSA) is 29.1 Å². The van der Waals surface area contributed by atoms with E-state index in [0.29, 0.717) is 5.56 Å². The van der Waals surface area contributed by atoms with Gasteiger partial charge in [-0.3, -0.25) is 4.79 Å². The second kappa shape index (κ2) is 7.33. The summed E-state index contributed by atoms with van der Waals surface area (Å²) in [6, 6.07) is 22.4. The molecule has 0 saturated heterocycles. The molecule has 0 unspecified atom stereocenters. The van der Waals surface area contributed by atoms with Crippen molar-refractivity contribution in [2.75, 3.05) is 5.32 Å². The van der Waals surface area contributed by atoms with Gasteiger partial charge >= 0.3 is 0 Å². The molecule has 0 aromatic heterocycles. The van der Waals surface area contributed by atoms with Crippen LogP contribution in [0.15, 0.2) is 82.6 Å². The van der Waals surface area contributed by atoms with Gasteiger partial charge in [0.2, 0.25) is 0 Å². The van der Waals surface area contributed by atoms with Gasteiger partial charge in [0.15, 0.2) is 5.78 Å². The van der Waals surface area contributed by atoms with Crippen LogP contribution in [0.25, 0.3) is 6.08 Å². The predicted octanol–water partition coefficient (Wildman–Crippen LogP) is 7.09. The minimum absolute atomic E-state index is 0.00774. The van der Waals surface area contributed by atoms with E-state index >= 15 is 0 Å². The van der Waals surface area contributed by atoms with E-state index < -0.39 is 0 Å². The third-order valence-electron chi connectivity index (χ3n) is 4.84. The minimum Gasteiger partial charge on any atom is -0.354 e. The highest BCUT2D eigenvalue weighted by Gasteiger charge is 2.16. The maximum absolute atomic E-state index is 12.7. The highest BCUT2D eigenvalue weighted by Crippen LogP contribution is 2.44. The molecule has 0 radical (unpaired) electrons. The predicted molar refractivity (Wildman–Crippen MR) is 119 cm³/mol. The summed E-state index contributed by atoms with van der Waals surface area (Å²) < 4.78 is 0. The summed E-state index contributed by atoms with van der Waals surface area (Å²) >= 11 is 1.72. The Kier molecular flexibility index (Phi) is 4.86. The van der Waals surface area contributed by atoms with E-state index in [9.17, 15) is 4.79 Å². The van der Waals surface area contributed by atoms with E-state index in [0.717, 1.165) is 21.8 Å². The highest BCUT2D eigenvalue weighted by atomic mass is 32.2. The molecule has 3 heteroatoms. The Balaban J connectivity index is 1.51. The lowest BCUT2D eigenvalue weighted by atomic mass is 9.87. The van der Waals surface area contributed by atoms with E-state index in [1.807, 2.05) is 36.4 Å². The molecule has 3 aromatic carbocycles. The summed E-state index contributed by atoms with van der Waals surface area (Å²) in [4.78, 5) is 15.0. The number of carbonyl (C=O) groups excluding carboxylic acids is 1. The normalized spacial score (nSPS) is 13.0. The first-order valence-electron chi connectivity index (χ1n) is 9.41. The van der Waals surface area contributed by atoms with Crippen LogP contribution in [0.5, 0.6) is 0 Å². The van der Waals surface area contributed by atoms with Crippen molar-refractivity contribution in [3.8, 4) is 0 Å². The van der Waals surface area contributed by atoms with Gasteiger partial charge in [-0.05, 0) is 52.9 Å². The van der Waals surface area contributed by atoms with Gasteiger partial charge in [0.1, 0.15) is 0 Å². The molecule has 1 N–H and O–H groups in total. The number of anilines is 2. The molecule has 0 fully saturated rings. The zero-order valence-corrected chi connectivity index (χ0v) is 17.1.